The molecule has 4 rings (SSSR count). The number of hydrogen-bond acceptors (Lipinski definition) is 4. The summed E-state index contributed by atoms with van der Waals surface area (Å²) in [5, 5.41) is 0. The van der Waals surface area contributed by atoms with Crippen LogP contribution in [0.5, 0.6) is 0 Å². The lowest BCUT2D eigenvalue weighted by Gasteiger charge is -2.37. The molecule has 4 nitrogen and oxygen atoms in total. The summed E-state index contributed by atoms with van der Waals surface area (Å²) in [7, 11) is 0. The molecule has 0 N–H and O–H groups in total. The van der Waals surface area contributed by atoms with Gasteiger partial charge >= 0.3 is 0 Å². The fourth-order valence-electron chi connectivity index (χ4n) is 3.14. The maximum absolute atomic E-state index is 6.08. The fraction of sp³-hybridized carbons (Fsp3) is 1.00. The maximum Gasteiger partial charge on any atom is 0.190 e. The van der Waals surface area contributed by atoms with Crippen LogP contribution in [-0.2, 0) is 18.9 Å². The normalized spacial score (nSPS) is 51.2. The van der Waals surface area contributed by atoms with Gasteiger partial charge in [-0.15, -0.1) is 0 Å². The topological polar surface area (TPSA) is 36.9 Å². The van der Waals surface area contributed by atoms with E-state index >= 15 is 0 Å². The largest absolute Gasteiger partial charge is 0.370 e. The van der Waals surface area contributed by atoms with Gasteiger partial charge in [-0.3, -0.25) is 0 Å². The number of ether oxygens (including phenoxy) is 4. The second kappa shape index (κ2) is 2.94. The first kappa shape index (κ1) is 8.93. The predicted molar refractivity (Wildman–Crippen MR) is 50.2 cm³/mol. The smallest absolute Gasteiger partial charge is 0.190 e. The second-order valence-electron chi connectivity index (χ2n) is 5.01. The Kier molecular flexibility index (Phi) is 1.75. The van der Waals surface area contributed by atoms with Crippen molar-refractivity contribution in [1.82, 2.24) is 0 Å². The summed E-state index contributed by atoms with van der Waals surface area (Å²) in [6.45, 7) is 0.706. The van der Waals surface area contributed by atoms with Gasteiger partial charge in [-0.2, -0.15) is 0 Å². The molecule has 1 aliphatic carbocycles. The van der Waals surface area contributed by atoms with Crippen molar-refractivity contribution in [3.05, 3.63) is 0 Å². The molecule has 0 unspecified atom stereocenters. The van der Waals surface area contributed by atoms with Crippen LogP contribution < -0.4 is 0 Å². The van der Waals surface area contributed by atoms with Crippen molar-refractivity contribution in [2.45, 2.75) is 62.5 Å². The minimum absolute atomic E-state index is 0.0295. The molecule has 3 heterocycles. The molecule has 0 radical (unpaired) electrons. The van der Waals surface area contributed by atoms with Gasteiger partial charge in [-0.1, -0.05) is 6.42 Å². The molecule has 0 bridgehead atoms. The Bertz CT molecular complexity index is 274. The van der Waals surface area contributed by atoms with E-state index in [1.54, 1.807) is 0 Å². The molecule has 1 spiro atoms. The van der Waals surface area contributed by atoms with Gasteiger partial charge in [0.15, 0.2) is 12.1 Å². The maximum atomic E-state index is 6.08. The summed E-state index contributed by atoms with van der Waals surface area (Å²) in [6.07, 6.45) is 5.96. The third-order valence-corrected chi connectivity index (χ3v) is 4.02. The summed E-state index contributed by atoms with van der Waals surface area (Å²) in [5.74, 6) is -0.336. The molecule has 4 atom stereocenters. The number of fused-ring (bicyclic) bond motifs is 3. The second-order valence-corrected chi connectivity index (χ2v) is 5.01. The fourth-order valence-corrected chi connectivity index (χ4v) is 3.14. The molecule has 1 saturated carbocycles. The highest BCUT2D eigenvalue weighted by atomic mass is 16.9. The Morgan fingerprint density at radius 2 is 1.80 bits per heavy atom. The Morgan fingerprint density at radius 3 is 2.53 bits per heavy atom. The van der Waals surface area contributed by atoms with Crippen LogP contribution in [0.2, 0.25) is 0 Å². The lowest BCUT2D eigenvalue weighted by atomic mass is 9.94. The van der Waals surface area contributed by atoms with E-state index in [1.165, 1.54) is 19.3 Å². The first-order chi connectivity index (χ1) is 7.36. The summed E-state index contributed by atoms with van der Waals surface area (Å²) < 4.78 is 23.3. The van der Waals surface area contributed by atoms with Crippen LogP contribution in [0.3, 0.4) is 0 Å². The van der Waals surface area contributed by atoms with Gasteiger partial charge in [0.2, 0.25) is 0 Å². The molecule has 3 aliphatic heterocycles. The molecule has 0 aromatic carbocycles. The summed E-state index contributed by atoms with van der Waals surface area (Å²) in [6, 6.07) is 0. The molecule has 4 aliphatic rings. The van der Waals surface area contributed by atoms with Crippen molar-refractivity contribution in [3.63, 3.8) is 0 Å². The highest BCUT2D eigenvalue weighted by Crippen LogP contribution is 2.47. The third-order valence-electron chi connectivity index (χ3n) is 4.02. The minimum atomic E-state index is -0.336. The van der Waals surface area contributed by atoms with Crippen molar-refractivity contribution in [2.24, 2.45) is 0 Å². The van der Waals surface area contributed by atoms with Crippen molar-refractivity contribution in [1.29, 1.82) is 0 Å². The monoisotopic (exact) mass is 212 g/mol. The van der Waals surface area contributed by atoms with E-state index < -0.39 is 0 Å². The average molecular weight is 212 g/mol. The van der Waals surface area contributed by atoms with Crippen molar-refractivity contribution >= 4 is 0 Å². The highest BCUT2D eigenvalue weighted by molar-refractivity contribution is 5.00. The van der Waals surface area contributed by atoms with E-state index in [0.29, 0.717) is 6.61 Å². The molecule has 15 heavy (non-hydrogen) atoms. The van der Waals surface area contributed by atoms with Crippen LogP contribution in [0.25, 0.3) is 0 Å². The number of hydrogen-bond donors (Lipinski definition) is 0. The van der Waals surface area contributed by atoms with E-state index in [9.17, 15) is 0 Å². The molecule has 4 heteroatoms. The van der Waals surface area contributed by atoms with E-state index in [0.717, 1.165) is 12.8 Å². The Balaban J connectivity index is 1.54. The standard InChI is InChI=1S/C11H16O4/c1-2-4-11(5-3-1)14-9-8-7(6-12-8)13-10(9)15-11/h7-10H,1-6H2/t7-,8+,9-,10-/m1/s1. The van der Waals surface area contributed by atoms with E-state index in [-0.39, 0.29) is 30.4 Å². The zero-order valence-electron chi connectivity index (χ0n) is 8.69. The van der Waals surface area contributed by atoms with E-state index in [2.05, 4.69) is 0 Å². The molecular formula is C11H16O4. The molecule has 0 aromatic rings. The zero-order valence-corrected chi connectivity index (χ0v) is 8.69. The number of rotatable bonds is 0. The Morgan fingerprint density at radius 1 is 0.933 bits per heavy atom. The van der Waals surface area contributed by atoms with Gasteiger partial charge in [0.25, 0.3) is 0 Å². The van der Waals surface area contributed by atoms with Gasteiger partial charge in [0.05, 0.1) is 6.61 Å². The summed E-state index contributed by atoms with van der Waals surface area (Å²) in [5.41, 5.74) is 0. The third kappa shape index (κ3) is 1.16. The van der Waals surface area contributed by atoms with Gasteiger partial charge in [0.1, 0.15) is 18.3 Å². The first-order valence-corrected chi connectivity index (χ1v) is 5.99. The predicted octanol–water partition coefficient (Wildman–Crippen LogP) is 1.19. The van der Waals surface area contributed by atoms with Crippen LogP contribution in [0, 0.1) is 0 Å². The highest BCUT2D eigenvalue weighted by Gasteiger charge is 2.61. The SMILES string of the molecule is C1CCC2(CC1)O[C@H]1O[C@@H]3CO[C@@H]3[C@H]1O2. The van der Waals surface area contributed by atoms with E-state index in [1.807, 2.05) is 0 Å². The van der Waals surface area contributed by atoms with Crippen molar-refractivity contribution in [2.75, 3.05) is 6.61 Å². The molecule has 4 fully saturated rings. The first-order valence-electron chi connectivity index (χ1n) is 5.99. The van der Waals surface area contributed by atoms with Crippen LogP contribution >= 0.6 is 0 Å². The Hall–Kier alpha value is -0.160. The zero-order chi connectivity index (χ0) is 9.88. The van der Waals surface area contributed by atoms with Gasteiger partial charge in [0, 0.05) is 12.8 Å². The lowest BCUT2D eigenvalue weighted by molar-refractivity contribution is -0.274. The molecule has 0 amide bonds. The lowest BCUT2D eigenvalue weighted by Crippen LogP contribution is -2.49. The molecule has 0 aromatic heterocycles. The van der Waals surface area contributed by atoms with E-state index in [4.69, 9.17) is 18.9 Å². The van der Waals surface area contributed by atoms with Gasteiger partial charge in [-0.05, 0) is 12.8 Å². The van der Waals surface area contributed by atoms with Crippen LogP contribution in [-0.4, -0.2) is 37.0 Å². The van der Waals surface area contributed by atoms with Crippen molar-refractivity contribution in [3.8, 4) is 0 Å². The Labute approximate surface area is 88.8 Å². The minimum Gasteiger partial charge on any atom is -0.370 e. The van der Waals surface area contributed by atoms with Gasteiger partial charge in [-0.25, -0.2) is 0 Å². The van der Waals surface area contributed by atoms with Crippen LogP contribution in [0.15, 0.2) is 0 Å². The summed E-state index contributed by atoms with van der Waals surface area (Å²) in [4.78, 5) is 0. The van der Waals surface area contributed by atoms with Gasteiger partial charge < -0.3 is 18.9 Å². The molecule has 3 saturated heterocycles. The quantitative estimate of drug-likeness (QED) is 0.604. The van der Waals surface area contributed by atoms with Crippen molar-refractivity contribution < 1.29 is 18.9 Å². The van der Waals surface area contributed by atoms with Crippen LogP contribution in [0.1, 0.15) is 32.1 Å². The molecule has 84 valence electrons. The molecular weight excluding hydrogens is 196 g/mol. The average Bonchev–Trinajstić information content (AvgIpc) is 2.62. The summed E-state index contributed by atoms with van der Waals surface area (Å²) >= 11 is 0. The van der Waals surface area contributed by atoms with Crippen LogP contribution in [0.4, 0.5) is 0 Å².